The number of ether oxygens (including phenoxy) is 1. The van der Waals surface area contributed by atoms with Crippen LogP contribution in [-0.4, -0.2) is 56.0 Å². The van der Waals surface area contributed by atoms with Crippen LogP contribution in [-0.2, 0) is 13.1 Å². The van der Waals surface area contributed by atoms with E-state index in [0.29, 0.717) is 46.9 Å². The van der Waals surface area contributed by atoms with E-state index in [1.54, 1.807) is 36.5 Å². The molecule has 3 heterocycles. The van der Waals surface area contributed by atoms with E-state index in [4.69, 9.17) is 21.3 Å². The first-order valence-electron chi connectivity index (χ1n) is 14.2. The lowest BCUT2D eigenvalue weighted by Gasteiger charge is -2.34. The molecule has 3 aromatic carbocycles. The van der Waals surface area contributed by atoms with E-state index < -0.39 is 24.0 Å². The van der Waals surface area contributed by atoms with Gasteiger partial charge in [0, 0.05) is 10.6 Å². The second-order valence-electron chi connectivity index (χ2n) is 10.9. The molecule has 0 saturated carbocycles. The molecule has 0 bridgehead atoms. The normalized spacial score (nSPS) is 18.1. The predicted molar refractivity (Wildman–Crippen MR) is 160 cm³/mol. The largest absolute Gasteiger partial charge is 0.478 e. The lowest BCUT2D eigenvalue weighted by atomic mass is 9.88. The van der Waals surface area contributed by atoms with E-state index in [2.05, 4.69) is 16.0 Å². The molecule has 0 aliphatic carbocycles. The van der Waals surface area contributed by atoms with Crippen molar-refractivity contribution in [2.75, 3.05) is 13.1 Å². The van der Waals surface area contributed by atoms with Crippen molar-refractivity contribution in [1.29, 1.82) is 0 Å². The Balaban J connectivity index is 1.19. The number of imidazole rings is 1. The number of aliphatic imine (C=N–C) groups is 1. The number of aliphatic hydroxyl groups excluding tert-OH is 1. The number of benzene rings is 3. The van der Waals surface area contributed by atoms with Crippen LogP contribution in [0.5, 0.6) is 5.75 Å². The van der Waals surface area contributed by atoms with Crippen molar-refractivity contribution >= 4 is 40.5 Å². The summed E-state index contributed by atoms with van der Waals surface area (Å²) in [4.78, 5) is 23.3. The first-order chi connectivity index (χ1) is 20.3. The fourth-order valence-electron chi connectivity index (χ4n) is 5.85. The summed E-state index contributed by atoms with van der Waals surface area (Å²) in [7, 11) is 0. The SMILES string of the molecule is CCC(O)Cn1c(CN2CCC(c3cccc4c3O[C@H](c3ccc(Cl)cc3F)C=N4)CC2)nc2ccc(C(=O)O)cc21. The Morgan fingerprint density at radius 2 is 1.95 bits per heavy atom. The lowest BCUT2D eigenvalue weighted by molar-refractivity contribution is 0.0697. The van der Waals surface area contributed by atoms with E-state index in [0.717, 1.165) is 43.0 Å². The number of para-hydroxylation sites is 1. The van der Waals surface area contributed by atoms with Crippen LogP contribution in [0.3, 0.4) is 0 Å². The molecular formula is C32H32ClFN4O4. The summed E-state index contributed by atoms with van der Waals surface area (Å²) in [5, 5.41) is 20.3. The van der Waals surface area contributed by atoms with Gasteiger partial charge in [-0.3, -0.25) is 9.89 Å². The molecular weight excluding hydrogens is 559 g/mol. The van der Waals surface area contributed by atoms with Gasteiger partial charge in [0.2, 0.25) is 0 Å². The molecule has 4 aromatic rings. The molecule has 218 valence electrons. The zero-order chi connectivity index (χ0) is 29.4. The van der Waals surface area contributed by atoms with Crippen LogP contribution in [0.15, 0.2) is 59.6 Å². The van der Waals surface area contributed by atoms with Crippen molar-refractivity contribution < 1.29 is 24.1 Å². The third kappa shape index (κ3) is 5.64. The minimum atomic E-state index is -0.994. The standard InChI is InChI=1S/C32H32ClFN4O4/c1-2-22(39)17-38-28-14-20(32(40)41)6-9-26(28)36-30(38)18-37-12-10-19(11-13-37)23-4-3-5-27-31(23)42-29(16-35-27)24-8-7-21(33)15-25(24)34/h3-9,14-16,19,22,29,39H,2,10-13,17-18H2,1H3,(H,40,41)/t22?,29-/m0/s1. The average Bonchev–Trinajstić information content (AvgIpc) is 3.32. The van der Waals surface area contributed by atoms with Gasteiger partial charge in [-0.15, -0.1) is 0 Å². The molecule has 6 rings (SSSR count). The van der Waals surface area contributed by atoms with Crippen molar-refractivity contribution in [2.45, 2.75) is 57.4 Å². The fourth-order valence-corrected chi connectivity index (χ4v) is 6.01. The topological polar surface area (TPSA) is 100 Å². The van der Waals surface area contributed by atoms with Gasteiger partial charge in [0.1, 0.15) is 23.1 Å². The molecule has 1 unspecified atom stereocenters. The van der Waals surface area contributed by atoms with Crippen LogP contribution in [0.4, 0.5) is 10.1 Å². The maximum atomic E-state index is 14.7. The van der Waals surface area contributed by atoms with Gasteiger partial charge >= 0.3 is 5.97 Å². The zero-order valence-corrected chi connectivity index (χ0v) is 24.0. The summed E-state index contributed by atoms with van der Waals surface area (Å²) in [6, 6.07) is 15.5. The lowest BCUT2D eigenvalue weighted by Crippen LogP contribution is -2.34. The number of nitrogens with zero attached hydrogens (tertiary/aromatic N) is 4. The number of rotatable bonds is 8. The highest BCUT2D eigenvalue weighted by Crippen LogP contribution is 2.44. The van der Waals surface area contributed by atoms with Crippen molar-refractivity contribution in [2.24, 2.45) is 4.99 Å². The molecule has 42 heavy (non-hydrogen) atoms. The van der Waals surface area contributed by atoms with Crippen molar-refractivity contribution in [3.05, 3.63) is 88.0 Å². The summed E-state index contributed by atoms with van der Waals surface area (Å²) in [6.07, 6.45) is 2.81. The molecule has 1 fully saturated rings. The Labute approximate surface area is 248 Å². The van der Waals surface area contributed by atoms with Gasteiger partial charge in [-0.05, 0) is 80.2 Å². The molecule has 1 saturated heterocycles. The molecule has 1 aromatic heterocycles. The number of aliphatic hydroxyl groups is 1. The molecule has 2 aliphatic heterocycles. The molecule has 2 atom stereocenters. The highest BCUT2D eigenvalue weighted by molar-refractivity contribution is 6.30. The van der Waals surface area contributed by atoms with Crippen LogP contribution in [0, 0.1) is 5.82 Å². The molecule has 10 heteroatoms. The second-order valence-corrected chi connectivity index (χ2v) is 11.4. The molecule has 0 amide bonds. The second kappa shape index (κ2) is 11.8. The van der Waals surface area contributed by atoms with Gasteiger partial charge in [-0.2, -0.15) is 0 Å². The van der Waals surface area contributed by atoms with E-state index in [1.807, 2.05) is 23.6 Å². The summed E-state index contributed by atoms with van der Waals surface area (Å²) < 4.78 is 23.0. The van der Waals surface area contributed by atoms with Crippen molar-refractivity contribution in [3.63, 3.8) is 0 Å². The van der Waals surface area contributed by atoms with E-state index in [9.17, 15) is 19.4 Å². The van der Waals surface area contributed by atoms with Crippen LogP contribution in [0.2, 0.25) is 5.02 Å². The van der Waals surface area contributed by atoms with Crippen LogP contribution < -0.4 is 4.74 Å². The zero-order valence-electron chi connectivity index (χ0n) is 23.2. The molecule has 0 radical (unpaired) electrons. The molecule has 8 nitrogen and oxygen atoms in total. The summed E-state index contributed by atoms with van der Waals surface area (Å²) in [5.74, 6) is 0.332. The van der Waals surface area contributed by atoms with Gasteiger partial charge < -0.3 is 19.5 Å². The first-order valence-corrected chi connectivity index (χ1v) is 14.6. The first kappa shape index (κ1) is 28.3. The van der Waals surface area contributed by atoms with Gasteiger partial charge in [0.25, 0.3) is 0 Å². The minimum absolute atomic E-state index is 0.195. The number of carbonyl (C=O) groups is 1. The number of piperidine rings is 1. The average molecular weight is 591 g/mol. The van der Waals surface area contributed by atoms with Crippen molar-refractivity contribution in [1.82, 2.24) is 14.5 Å². The Morgan fingerprint density at radius 3 is 2.69 bits per heavy atom. The molecule has 0 spiro atoms. The Morgan fingerprint density at radius 1 is 1.14 bits per heavy atom. The number of aromatic nitrogens is 2. The highest BCUT2D eigenvalue weighted by atomic mass is 35.5. The number of likely N-dealkylation sites (tertiary alicyclic amines) is 1. The Bertz CT molecular complexity index is 1660. The van der Waals surface area contributed by atoms with Crippen molar-refractivity contribution in [3.8, 4) is 5.75 Å². The Hall–Kier alpha value is -3.79. The smallest absolute Gasteiger partial charge is 0.335 e. The number of hydrogen-bond acceptors (Lipinski definition) is 6. The van der Waals surface area contributed by atoms with Gasteiger partial charge in [-0.1, -0.05) is 36.7 Å². The van der Waals surface area contributed by atoms with E-state index in [-0.39, 0.29) is 11.5 Å². The van der Waals surface area contributed by atoms with E-state index >= 15 is 0 Å². The summed E-state index contributed by atoms with van der Waals surface area (Å²) in [6.45, 7) is 4.51. The van der Waals surface area contributed by atoms with Crippen LogP contribution >= 0.6 is 11.6 Å². The maximum Gasteiger partial charge on any atom is 0.335 e. The Kier molecular flexibility index (Phi) is 7.98. The monoisotopic (exact) mass is 590 g/mol. The third-order valence-electron chi connectivity index (χ3n) is 8.22. The van der Waals surface area contributed by atoms with Gasteiger partial charge in [-0.25, -0.2) is 14.2 Å². The quantitative estimate of drug-likeness (QED) is 0.242. The maximum absolute atomic E-state index is 14.7. The van der Waals surface area contributed by atoms with Crippen LogP contribution in [0.1, 0.15) is 65.5 Å². The number of aromatic carboxylic acids is 1. The highest BCUT2D eigenvalue weighted by Gasteiger charge is 2.29. The number of carboxylic acid groups (broad SMARTS) is 1. The summed E-state index contributed by atoms with van der Waals surface area (Å²) >= 11 is 5.95. The fraction of sp³-hybridized carbons (Fsp3) is 0.344. The van der Waals surface area contributed by atoms with Gasteiger partial charge in [0.05, 0.1) is 42.0 Å². The number of carboxylic acids is 1. The number of halogens is 2. The third-order valence-corrected chi connectivity index (χ3v) is 8.45. The molecule has 2 aliphatic rings. The van der Waals surface area contributed by atoms with Gasteiger partial charge in [0.15, 0.2) is 6.10 Å². The van der Waals surface area contributed by atoms with Crippen LogP contribution in [0.25, 0.3) is 11.0 Å². The number of hydrogen-bond donors (Lipinski definition) is 2. The predicted octanol–water partition coefficient (Wildman–Crippen LogP) is 6.51. The number of fused-ring (bicyclic) bond motifs is 2. The van der Waals surface area contributed by atoms with E-state index in [1.165, 1.54) is 6.07 Å². The molecule has 2 N–H and O–H groups in total. The minimum Gasteiger partial charge on any atom is -0.478 e. The summed E-state index contributed by atoms with van der Waals surface area (Å²) in [5.41, 5.74) is 3.83.